The van der Waals surface area contributed by atoms with Crippen LogP contribution in [-0.4, -0.2) is 4.98 Å². The lowest BCUT2D eigenvalue weighted by atomic mass is 9.90. The van der Waals surface area contributed by atoms with Crippen LogP contribution >= 0.6 is 0 Å². The van der Waals surface area contributed by atoms with Crippen LogP contribution in [0.3, 0.4) is 0 Å². The number of benzene rings is 1. The molecule has 0 saturated heterocycles. The van der Waals surface area contributed by atoms with Crippen LogP contribution in [0.5, 0.6) is 0 Å². The Kier molecular flexibility index (Phi) is 3.13. The molecule has 1 atom stereocenters. The van der Waals surface area contributed by atoms with Crippen molar-refractivity contribution in [2.24, 2.45) is 0 Å². The fraction of sp³-hybridized carbons (Fsp3) is 0.214. The highest BCUT2D eigenvalue weighted by Crippen LogP contribution is 2.26. The summed E-state index contributed by atoms with van der Waals surface area (Å²) in [4.78, 5) is 4.18. The van der Waals surface area contributed by atoms with Crippen molar-refractivity contribution < 1.29 is 0 Å². The molecule has 76 valence electrons. The molecule has 2 aromatic rings. The SMILES string of the molecule is CCC(c1ccccc1)c1cccnc1. The minimum atomic E-state index is 0.472. The van der Waals surface area contributed by atoms with Crippen LogP contribution in [-0.2, 0) is 0 Å². The summed E-state index contributed by atoms with van der Waals surface area (Å²) in [5, 5.41) is 0. The van der Waals surface area contributed by atoms with Crippen molar-refractivity contribution in [3.8, 4) is 0 Å². The van der Waals surface area contributed by atoms with E-state index in [1.54, 1.807) is 0 Å². The number of rotatable bonds is 3. The normalized spacial score (nSPS) is 12.3. The van der Waals surface area contributed by atoms with E-state index in [9.17, 15) is 0 Å². The van der Waals surface area contributed by atoms with E-state index in [0.29, 0.717) is 5.92 Å². The van der Waals surface area contributed by atoms with Crippen molar-refractivity contribution in [1.82, 2.24) is 4.98 Å². The van der Waals surface area contributed by atoms with E-state index >= 15 is 0 Å². The van der Waals surface area contributed by atoms with E-state index < -0.39 is 0 Å². The molecule has 1 heterocycles. The molecule has 0 aliphatic heterocycles. The highest BCUT2D eigenvalue weighted by molar-refractivity contribution is 5.30. The molecule has 1 aromatic carbocycles. The summed E-state index contributed by atoms with van der Waals surface area (Å²) in [7, 11) is 0. The van der Waals surface area contributed by atoms with E-state index in [4.69, 9.17) is 0 Å². The van der Waals surface area contributed by atoms with Gasteiger partial charge in [0.2, 0.25) is 0 Å². The van der Waals surface area contributed by atoms with Crippen LogP contribution < -0.4 is 0 Å². The maximum absolute atomic E-state index is 4.18. The highest BCUT2D eigenvalue weighted by atomic mass is 14.6. The van der Waals surface area contributed by atoms with Crippen LogP contribution in [0.4, 0.5) is 0 Å². The molecule has 0 N–H and O–H groups in total. The summed E-state index contributed by atoms with van der Waals surface area (Å²) in [5.41, 5.74) is 2.67. The van der Waals surface area contributed by atoms with Gasteiger partial charge in [0.15, 0.2) is 0 Å². The predicted octanol–water partition coefficient (Wildman–Crippen LogP) is 3.62. The molecule has 1 aromatic heterocycles. The van der Waals surface area contributed by atoms with Crippen molar-refractivity contribution in [3.05, 3.63) is 66.0 Å². The van der Waals surface area contributed by atoms with Gasteiger partial charge in [-0.15, -0.1) is 0 Å². The Morgan fingerprint density at radius 1 is 1.00 bits per heavy atom. The van der Waals surface area contributed by atoms with Crippen molar-refractivity contribution >= 4 is 0 Å². The van der Waals surface area contributed by atoms with Gasteiger partial charge >= 0.3 is 0 Å². The Morgan fingerprint density at radius 2 is 1.73 bits per heavy atom. The van der Waals surface area contributed by atoms with E-state index in [0.717, 1.165) is 6.42 Å². The number of hydrogen-bond acceptors (Lipinski definition) is 1. The molecule has 0 fully saturated rings. The summed E-state index contributed by atoms with van der Waals surface area (Å²) in [6.07, 6.45) is 4.89. The Balaban J connectivity index is 2.34. The number of hydrogen-bond donors (Lipinski definition) is 0. The molecule has 1 heteroatoms. The van der Waals surface area contributed by atoms with Gasteiger partial charge in [0, 0.05) is 18.3 Å². The van der Waals surface area contributed by atoms with Gasteiger partial charge in [-0.05, 0) is 23.6 Å². The Bertz CT molecular complexity index is 355. The number of aromatic nitrogens is 1. The zero-order valence-electron chi connectivity index (χ0n) is 8.93. The molecular formula is C14H15N. The summed E-state index contributed by atoms with van der Waals surface area (Å²) < 4.78 is 0. The maximum atomic E-state index is 4.18. The first kappa shape index (κ1) is 9.91. The van der Waals surface area contributed by atoms with Gasteiger partial charge in [0.1, 0.15) is 0 Å². The van der Waals surface area contributed by atoms with E-state index in [2.05, 4.69) is 48.3 Å². The van der Waals surface area contributed by atoms with Crippen LogP contribution in [0, 0.1) is 0 Å². The fourth-order valence-corrected chi connectivity index (χ4v) is 1.93. The topological polar surface area (TPSA) is 12.9 Å². The quantitative estimate of drug-likeness (QED) is 0.732. The third-order valence-corrected chi connectivity index (χ3v) is 2.70. The van der Waals surface area contributed by atoms with Gasteiger partial charge < -0.3 is 0 Å². The second-order valence-electron chi connectivity index (χ2n) is 3.66. The first-order chi connectivity index (χ1) is 7.42. The zero-order valence-corrected chi connectivity index (χ0v) is 8.93. The average molecular weight is 197 g/mol. The van der Waals surface area contributed by atoms with Gasteiger partial charge in [-0.25, -0.2) is 0 Å². The first-order valence-corrected chi connectivity index (χ1v) is 5.36. The highest BCUT2D eigenvalue weighted by Gasteiger charge is 2.10. The molecule has 15 heavy (non-hydrogen) atoms. The lowest BCUT2D eigenvalue weighted by Crippen LogP contribution is -1.99. The smallest absolute Gasteiger partial charge is 0.0306 e. The molecule has 0 saturated carbocycles. The largest absolute Gasteiger partial charge is 0.264 e. The number of pyridine rings is 1. The molecule has 0 aliphatic rings. The van der Waals surface area contributed by atoms with Crippen molar-refractivity contribution in [3.63, 3.8) is 0 Å². The fourth-order valence-electron chi connectivity index (χ4n) is 1.93. The lowest BCUT2D eigenvalue weighted by molar-refractivity contribution is 0.773. The molecule has 1 nitrogen and oxygen atoms in total. The van der Waals surface area contributed by atoms with E-state index in [-0.39, 0.29) is 0 Å². The van der Waals surface area contributed by atoms with E-state index in [1.807, 2.05) is 18.5 Å². The summed E-state index contributed by atoms with van der Waals surface area (Å²) in [6.45, 7) is 2.21. The van der Waals surface area contributed by atoms with Crippen LogP contribution in [0.25, 0.3) is 0 Å². The molecule has 0 radical (unpaired) electrons. The van der Waals surface area contributed by atoms with Gasteiger partial charge in [-0.2, -0.15) is 0 Å². The van der Waals surface area contributed by atoms with Crippen LogP contribution in [0.15, 0.2) is 54.9 Å². The molecule has 0 amide bonds. The third kappa shape index (κ3) is 2.24. The standard InChI is InChI=1S/C14H15N/c1-2-14(12-7-4-3-5-8-12)13-9-6-10-15-11-13/h3-11,14H,2H2,1H3. The van der Waals surface area contributed by atoms with Crippen molar-refractivity contribution in [1.29, 1.82) is 0 Å². The minimum Gasteiger partial charge on any atom is -0.264 e. The molecule has 2 rings (SSSR count). The Morgan fingerprint density at radius 3 is 2.33 bits per heavy atom. The van der Waals surface area contributed by atoms with E-state index in [1.165, 1.54) is 11.1 Å². The molecular weight excluding hydrogens is 182 g/mol. The zero-order chi connectivity index (χ0) is 10.5. The number of nitrogens with zero attached hydrogens (tertiary/aromatic N) is 1. The van der Waals surface area contributed by atoms with Crippen LogP contribution in [0.1, 0.15) is 30.4 Å². The van der Waals surface area contributed by atoms with Crippen molar-refractivity contribution in [2.75, 3.05) is 0 Å². The Hall–Kier alpha value is -1.63. The lowest BCUT2D eigenvalue weighted by Gasteiger charge is -2.14. The first-order valence-electron chi connectivity index (χ1n) is 5.36. The van der Waals surface area contributed by atoms with Gasteiger partial charge in [0.25, 0.3) is 0 Å². The summed E-state index contributed by atoms with van der Waals surface area (Å²) >= 11 is 0. The summed E-state index contributed by atoms with van der Waals surface area (Å²) in [5.74, 6) is 0.472. The average Bonchev–Trinajstić information content (AvgIpc) is 2.33. The second-order valence-corrected chi connectivity index (χ2v) is 3.66. The van der Waals surface area contributed by atoms with Crippen LogP contribution in [0.2, 0.25) is 0 Å². The van der Waals surface area contributed by atoms with Gasteiger partial charge in [0.05, 0.1) is 0 Å². The Labute approximate surface area is 90.8 Å². The monoisotopic (exact) mass is 197 g/mol. The minimum absolute atomic E-state index is 0.472. The third-order valence-electron chi connectivity index (χ3n) is 2.70. The van der Waals surface area contributed by atoms with Gasteiger partial charge in [-0.3, -0.25) is 4.98 Å². The molecule has 1 unspecified atom stereocenters. The second kappa shape index (κ2) is 4.74. The molecule has 0 spiro atoms. The maximum Gasteiger partial charge on any atom is 0.0306 e. The molecule has 0 bridgehead atoms. The van der Waals surface area contributed by atoms with Crippen molar-refractivity contribution in [2.45, 2.75) is 19.3 Å². The van der Waals surface area contributed by atoms with Gasteiger partial charge in [-0.1, -0.05) is 43.3 Å². The summed E-state index contributed by atoms with van der Waals surface area (Å²) in [6, 6.07) is 14.7. The molecule has 0 aliphatic carbocycles. The predicted molar refractivity (Wildman–Crippen MR) is 62.8 cm³/mol.